The normalized spacial score (nSPS) is 42.4. The van der Waals surface area contributed by atoms with E-state index in [9.17, 15) is 9.90 Å². The van der Waals surface area contributed by atoms with Crippen molar-refractivity contribution in [2.45, 2.75) is 44.6 Å². The van der Waals surface area contributed by atoms with Crippen LogP contribution in [0.15, 0.2) is 0 Å². The maximum Gasteiger partial charge on any atom is 0.136 e. The lowest BCUT2D eigenvalue weighted by Gasteiger charge is -2.37. The Bertz CT molecular complexity index is 188. The van der Waals surface area contributed by atoms with E-state index in [1.807, 2.05) is 0 Å². The van der Waals surface area contributed by atoms with E-state index in [-0.39, 0.29) is 12.0 Å². The van der Waals surface area contributed by atoms with Crippen LogP contribution < -0.4 is 0 Å². The monoisotopic (exact) mass is 168 g/mol. The Morgan fingerprint density at radius 1 is 1.17 bits per heavy atom. The predicted octanol–water partition coefficient (Wildman–Crippen LogP) is 1.52. The molecule has 0 spiro atoms. The van der Waals surface area contributed by atoms with Gasteiger partial charge in [-0.05, 0) is 31.6 Å². The van der Waals surface area contributed by atoms with Gasteiger partial charge in [0.05, 0.1) is 6.10 Å². The predicted molar refractivity (Wildman–Crippen MR) is 45.7 cm³/mol. The fraction of sp³-hybridized carbons (Fsp3) is 0.900. The average Bonchev–Trinajstić information content (AvgIpc) is 2.07. The molecule has 2 saturated carbocycles. The summed E-state index contributed by atoms with van der Waals surface area (Å²) in [6.07, 6.45) is 5.61. The molecular weight excluding hydrogens is 152 g/mol. The lowest BCUT2D eigenvalue weighted by molar-refractivity contribution is -0.131. The number of Topliss-reactive ketones (excluding diaryl/α,β-unsaturated/α-hetero) is 1. The molecule has 0 amide bonds. The minimum Gasteiger partial charge on any atom is -0.393 e. The van der Waals surface area contributed by atoms with Gasteiger partial charge in [0.25, 0.3) is 0 Å². The van der Waals surface area contributed by atoms with Crippen molar-refractivity contribution in [1.82, 2.24) is 0 Å². The standard InChI is InChI=1S/C10H16O2/c11-9-5-1-3-7-8(9)4-2-6-10(7)12/h7-9,11H,1-6H2/t7-,8+,9+/m0/s1. The Morgan fingerprint density at radius 2 is 2.00 bits per heavy atom. The van der Waals surface area contributed by atoms with Crippen molar-refractivity contribution in [2.24, 2.45) is 11.8 Å². The molecule has 2 heteroatoms. The number of carbonyl (C=O) groups is 1. The van der Waals surface area contributed by atoms with Crippen LogP contribution in [0.5, 0.6) is 0 Å². The van der Waals surface area contributed by atoms with Crippen molar-refractivity contribution >= 4 is 5.78 Å². The molecule has 2 aliphatic rings. The van der Waals surface area contributed by atoms with Crippen LogP contribution in [0.2, 0.25) is 0 Å². The Balaban J connectivity index is 2.10. The molecular formula is C10H16O2. The topological polar surface area (TPSA) is 37.3 Å². The Hall–Kier alpha value is -0.370. The zero-order valence-corrected chi connectivity index (χ0v) is 7.33. The van der Waals surface area contributed by atoms with Gasteiger partial charge < -0.3 is 5.11 Å². The van der Waals surface area contributed by atoms with Crippen LogP contribution in [-0.2, 0) is 4.79 Å². The molecule has 0 aliphatic heterocycles. The highest BCUT2D eigenvalue weighted by atomic mass is 16.3. The number of aliphatic hydroxyl groups is 1. The Kier molecular flexibility index (Phi) is 2.18. The Morgan fingerprint density at radius 3 is 2.75 bits per heavy atom. The number of fused-ring (bicyclic) bond motifs is 1. The van der Waals surface area contributed by atoms with E-state index < -0.39 is 0 Å². The molecule has 0 heterocycles. The minimum absolute atomic E-state index is 0.187. The van der Waals surface area contributed by atoms with E-state index in [2.05, 4.69) is 0 Å². The third kappa shape index (κ3) is 1.28. The van der Waals surface area contributed by atoms with Crippen molar-refractivity contribution in [1.29, 1.82) is 0 Å². The molecule has 2 rings (SSSR count). The van der Waals surface area contributed by atoms with Crippen molar-refractivity contribution < 1.29 is 9.90 Å². The van der Waals surface area contributed by atoms with E-state index >= 15 is 0 Å². The van der Waals surface area contributed by atoms with Crippen LogP contribution in [0.1, 0.15) is 38.5 Å². The highest BCUT2D eigenvalue weighted by Crippen LogP contribution is 2.38. The van der Waals surface area contributed by atoms with Gasteiger partial charge in [-0.2, -0.15) is 0 Å². The summed E-state index contributed by atoms with van der Waals surface area (Å²) in [6.45, 7) is 0. The van der Waals surface area contributed by atoms with Crippen molar-refractivity contribution in [2.75, 3.05) is 0 Å². The maximum absolute atomic E-state index is 11.5. The lowest BCUT2D eigenvalue weighted by Crippen LogP contribution is -2.39. The van der Waals surface area contributed by atoms with Gasteiger partial charge in [0.1, 0.15) is 5.78 Å². The Labute approximate surface area is 73.0 Å². The van der Waals surface area contributed by atoms with Gasteiger partial charge in [-0.25, -0.2) is 0 Å². The van der Waals surface area contributed by atoms with Crippen molar-refractivity contribution in [3.8, 4) is 0 Å². The first kappa shape index (κ1) is 8.24. The van der Waals surface area contributed by atoms with E-state index in [1.165, 1.54) is 0 Å². The summed E-state index contributed by atoms with van der Waals surface area (Å²) in [7, 11) is 0. The highest BCUT2D eigenvalue weighted by Gasteiger charge is 2.38. The van der Waals surface area contributed by atoms with Crippen molar-refractivity contribution in [3.63, 3.8) is 0 Å². The van der Waals surface area contributed by atoms with Gasteiger partial charge in [-0.3, -0.25) is 4.79 Å². The molecule has 2 aliphatic carbocycles. The van der Waals surface area contributed by atoms with Crippen LogP contribution in [0.4, 0.5) is 0 Å². The SMILES string of the molecule is O=C1CCC[C@H]2[C@H](O)CCC[C@H]12. The summed E-state index contributed by atoms with van der Waals surface area (Å²) in [5.74, 6) is 0.924. The second kappa shape index (κ2) is 3.17. The van der Waals surface area contributed by atoms with Gasteiger partial charge in [-0.1, -0.05) is 6.42 Å². The van der Waals surface area contributed by atoms with Gasteiger partial charge in [0.15, 0.2) is 0 Å². The second-order valence-corrected chi connectivity index (χ2v) is 4.13. The molecule has 0 saturated heterocycles. The molecule has 2 nitrogen and oxygen atoms in total. The summed E-state index contributed by atoms with van der Waals surface area (Å²) in [4.78, 5) is 11.5. The van der Waals surface area contributed by atoms with Crippen molar-refractivity contribution in [3.05, 3.63) is 0 Å². The molecule has 68 valence electrons. The number of aliphatic hydroxyl groups excluding tert-OH is 1. The fourth-order valence-electron chi connectivity index (χ4n) is 2.73. The zero-order chi connectivity index (χ0) is 8.55. The summed E-state index contributed by atoms with van der Waals surface area (Å²) in [6, 6.07) is 0. The lowest BCUT2D eigenvalue weighted by atomic mass is 9.69. The number of hydrogen-bond donors (Lipinski definition) is 1. The van der Waals surface area contributed by atoms with Gasteiger partial charge in [0.2, 0.25) is 0 Å². The maximum atomic E-state index is 11.5. The number of ketones is 1. The van der Waals surface area contributed by atoms with Crippen LogP contribution in [-0.4, -0.2) is 17.0 Å². The van der Waals surface area contributed by atoms with Crippen LogP contribution >= 0.6 is 0 Å². The number of carbonyl (C=O) groups excluding carboxylic acids is 1. The number of rotatable bonds is 0. The van der Waals surface area contributed by atoms with E-state index in [4.69, 9.17) is 0 Å². The summed E-state index contributed by atoms with van der Waals surface area (Å²) < 4.78 is 0. The number of hydrogen-bond acceptors (Lipinski definition) is 2. The molecule has 3 atom stereocenters. The molecule has 0 unspecified atom stereocenters. The second-order valence-electron chi connectivity index (χ2n) is 4.13. The van der Waals surface area contributed by atoms with Crippen LogP contribution in [0.3, 0.4) is 0 Å². The molecule has 0 radical (unpaired) electrons. The van der Waals surface area contributed by atoms with Crippen LogP contribution in [0, 0.1) is 11.8 Å². The summed E-state index contributed by atoms with van der Waals surface area (Å²) in [5, 5.41) is 9.67. The zero-order valence-electron chi connectivity index (χ0n) is 7.33. The van der Waals surface area contributed by atoms with E-state index in [0.29, 0.717) is 11.7 Å². The van der Waals surface area contributed by atoms with Gasteiger partial charge in [-0.15, -0.1) is 0 Å². The quantitative estimate of drug-likeness (QED) is 0.595. The summed E-state index contributed by atoms with van der Waals surface area (Å²) >= 11 is 0. The third-order valence-electron chi connectivity index (χ3n) is 3.40. The summed E-state index contributed by atoms with van der Waals surface area (Å²) in [5.41, 5.74) is 0. The first-order valence-electron chi connectivity index (χ1n) is 5.00. The average molecular weight is 168 g/mol. The van der Waals surface area contributed by atoms with E-state index in [0.717, 1.165) is 38.5 Å². The van der Waals surface area contributed by atoms with Crippen LogP contribution in [0.25, 0.3) is 0 Å². The smallest absolute Gasteiger partial charge is 0.136 e. The van der Waals surface area contributed by atoms with Gasteiger partial charge in [0, 0.05) is 12.3 Å². The molecule has 0 aromatic rings. The minimum atomic E-state index is -0.187. The van der Waals surface area contributed by atoms with E-state index in [1.54, 1.807) is 0 Å². The first-order chi connectivity index (χ1) is 5.79. The molecule has 1 N–H and O–H groups in total. The highest BCUT2D eigenvalue weighted by molar-refractivity contribution is 5.82. The largest absolute Gasteiger partial charge is 0.393 e. The molecule has 0 aromatic carbocycles. The third-order valence-corrected chi connectivity index (χ3v) is 3.40. The molecule has 2 fully saturated rings. The fourth-order valence-corrected chi connectivity index (χ4v) is 2.73. The first-order valence-corrected chi connectivity index (χ1v) is 5.00. The molecule has 12 heavy (non-hydrogen) atoms. The molecule has 0 bridgehead atoms. The molecule has 0 aromatic heterocycles. The van der Waals surface area contributed by atoms with Gasteiger partial charge >= 0.3 is 0 Å².